The van der Waals surface area contributed by atoms with Crippen molar-refractivity contribution in [3.8, 4) is 0 Å². The minimum Gasteiger partial charge on any atom is -0.329 e. The van der Waals surface area contributed by atoms with Gasteiger partial charge in [0.2, 0.25) is 0 Å². The number of hydrogen-bond donors (Lipinski definition) is 1. The Hall–Kier alpha value is 0.230. The quantitative estimate of drug-likeness (QED) is 0.860. The lowest BCUT2D eigenvalue weighted by molar-refractivity contribution is 0.0509. The first-order valence-corrected chi connectivity index (χ1v) is 9.58. The van der Waals surface area contributed by atoms with Crippen LogP contribution < -0.4 is 5.73 Å². The van der Waals surface area contributed by atoms with E-state index in [-0.39, 0.29) is 0 Å². The van der Waals surface area contributed by atoms with Crippen LogP contribution in [0.3, 0.4) is 0 Å². The van der Waals surface area contributed by atoms with Gasteiger partial charge in [0.25, 0.3) is 0 Å². The fourth-order valence-corrected chi connectivity index (χ4v) is 5.97. The van der Waals surface area contributed by atoms with E-state index in [0.717, 1.165) is 12.5 Å². The summed E-state index contributed by atoms with van der Waals surface area (Å²) in [6, 6.07) is 0. The molecule has 0 saturated carbocycles. The van der Waals surface area contributed by atoms with Crippen LogP contribution in [0.25, 0.3) is 0 Å². The Morgan fingerprint density at radius 1 is 1.15 bits per heavy atom. The predicted octanol–water partition coefficient (Wildman–Crippen LogP) is 2.02. The number of hydrogen-bond acceptors (Lipinski definition) is 4. The second kappa shape index (κ2) is 6.55. The zero-order valence-corrected chi connectivity index (χ0v) is 13.8. The Kier molecular flexibility index (Phi) is 4.96. The fraction of sp³-hybridized carbons (Fsp3) is 1.00. The summed E-state index contributed by atoms with van der Waals surface area (Å²) < 4.78 is 0. The van der Waals surface area contributed by atoms with Crippen molar-refractivity contribution in [2.45, 2.75) is 49.8 Å². The lowest BCUT2D eigenvalue weighted by Crippen LogP contribution is -2.59. The normalized spacial score (nSPS) is 37.8. The van der Waals surface area contributed by atoms with E-state index in [0.29, 0.717) is 10.8 Å². The van der Waals surface area contributed by atoms with Gasteiger partial charge in [0, 0.05) is 23.9 Å². The highest BCUT2D eigenvalue weighted by atomic mass is 32.2. The molecule has 0 aromatic carbocycles. The van der Waals surface area contributed by atoms with E-state index in [1.165, 1.54) is 70.6 Å². The summed E-state index contributed by atoms with van der Waals surface area (Å²) in [5.41, 5.74) is 6.50. The minimum absolute atomic E-state index is 0.309. The molecular formula is C16H31N3S. The molecule has 3 rings (SSSR count). The van der Waals surface area contributed by atoms with Crippen molar-refractivity contribution in [2.24, 2.45) is 11.7 Å². The van der Waals surface area contributed by atoms with E-state index in [1.54, 1.807) is 0 Å². The molecular weight excluding hydrogens is 266 g/mol. The Bertz CT molecular complexity index is 311. The molecule has 3 fully saturated rings. The first-order valence-electron chi connectivity index (χ1n) is 8.54. The Morgan fingerprint density at radius 3 is 2.40 bits per heavy atom. The van der Waals surface area contributed by atoms with Crippen molar-refractivity contribution in [3.63, 3.8) is 0 Å². The summed E-state index contributed by atoms with van der Waals surface area (Å²) >= 11 is 2.12. The zero-order chi connectivity index (χ0) is 14.0. The molecule has 3 nitrogen and oxygen atoms in total. The van der Waals surface area contributed by atoms with E-state index in [9.17, 15) is 0 Å². The summed E-state index contributed by atoms with van der Waals surface area (Å²) in [5, 5.41) is 0.711. The summed E-state index contributed by atoms with van der Waals surface area (Å²) in [7, 11) is 0. The molecule has 3 aliphatic heterocycles. The third-order valence-corrected chi connectivity index (χ3v) is 7.35. The summed E-state index contributed by atoms with van der Waals surface area (Å²) in [6.07, 6.45) is 6.91. The second-order valence-corrected chi connectivity index (χ2v) is 8.46. The molecule has 0 spiro atoms. The Morgan fingerprint density at radius 2 is 1.85 bits per heavy atom. The van der Waals surface area contributed by atoms with Gasteiger partial charge >= 0.3 is 0 Å². The van der Waals surface area contributed by atoms with E-state index in [4.69, 9.17) is 5.73 Å². The zero-order valence-electron chi connectivity index (χ0n) is 13.0. The summed E-state index contributed by atoms with van der Waals surface area (Å²) in [4.78, 5) is 5.44. The molecule has 2 N–H and O–H groups in total. The van der Waals surface area contributed by atoms with Gasteiger partial charge in [-0.05, 0) is 70.0 Å². The van der Waals surface area contributed by atoms with Gasteiger partial charge in [-0.2, -0.15) is 11.8 Å². The van der Waals surface area contributed by atoms with Gasteiger partial charge in [-0.15, -0.1) is 0 Å². The number of likely N-dealkylation sites (tertiary alicyclic amines) is 2. The molecule has 0 aromatic heterocycles. The van der Waals surface area contributed by atoms with Gasteiger partial charge in [-0.3, -0.25) is 4.90 Å². The van der Waals surface area contributed by atoms with Crippen LogP contribution in [0.5, 0.6) is 0 Å². The largest absolute Gasteiger partial charge is 0.329 e. The first kappa shape index (κ1) is 15.1. The molecule has 0 amide bonds. The standard InChI is InChI=1S/C16H31N3S/c1-14-16(13-17,6-11-20-14)19-9-4-15(5-10-19)12-18-7-2-3-8-18/h14-15H,2-13,17H2,1H3. The third kappa shape index (κ3) is 2.90. The van der Waals surface area contributed by atoms with Crippen LogP contribution in [0.15, 0.2) is 0 Å². The topological polar surface area (TPSA) is 32.5 Å². The molecule has 20 heavy (non-hydrogen) atoms. The van der Waals surface area contributed by atoms with Crippen LogP contribution in [0.2, 0.25) is 0 Å². The van der Waals surface area contributed by atoms with Crippen LogP contribution >= 0.6 is 11.8 Å². The van der Waals surface area contributed by atoms with Gasteiger partial charge in [0.15, 0.2) is 0 Å². The van der Waals surface area contributed by atoms with Gasteiger partial charge in [-0.1, -0.05) is 6.92 Å². The minimum atomic E-state index is 0.309. The molecule has 3 saturated heterocycles. The number of nitrogens with two attached hydrogens (primary N) is 1. The average Bonchev–Trinajstić information content (AvgIpc) is 3.10. The lowest BCUT2D eigenvalue weighted by atomic mass is 9.86. The molecule has 3 heterocycles. The van der Waals surface area contributed by atoms with E-state index < -0.39 is 0 Å². The fourth-order valence-electron chi connectivity index (χ4n) is 4.47. The Labute approximate surface area is 128 Å². The van der Waals surface area contributed by atoms with Crippen LogP contribution in [-0.4, -0.2) is 65.6 Å². The van der Waals surface area contributed by atoms with Gasteiger partial charge in [0.05, 0.1) is 0 Å². The number of rotatable bonds is 4. The van der Waals surface area contributed by atoms with Gasteiger partial charge < -0.3 is 10.6 Å². The highest BCUT2D eigenvalue weighted by molar-refractivity contribution is 8.00. The molecule has 4 heteroatoms. The van der Waals surface area contributed by atoms with Crippen molar-refractivity contribution in [3.05, 3.63) is 0 Å². The van der Waals surface area contributed by atoms with Crippen molar-refractivity contribution < 1.29 is 0 Å². The van der Waals surface area contributed by atoms with Crippen LogP contribution in [0.1, 0.15) is 39.0 Å². The van der Waals surface area contributed by atoms with Crippen molar-refractivity contribution in [1.29, 1.82) is 0 Å². The summed E-state index contributed by atoms with van der Waals surface area (Å²) in [6.45, 7) is 9.84. The molecule has 0 radical (unpaired) electrons. The number of thioether (sulfide) groups is 1. The Balaban J connectivity index is 1.52. The smallest absolute Gasteiger partial charge is 0.0455 e. The molecule has 3 aliphatic rings. The maximum atomic E-state index is 6.19. The number of nitrogens with zero attached hydrogens (tertiary/aromatic N) is 2. The molecule has 0 aromatic rings. The molecule has 116 valence electrons. The lowest BCUT2D eigenvalue weighted by Gasteiger charge is -2.47. The second-order valence-electron chi connectivity index (χ2n) is 7.01. The van der Waals surface area contributed by atoms with Crippen LogP contribution in [-0.2, 0) is 0 Å². The predicted molar refractivity (Wildman–Crippen MR) is 88.3 cm³/mol. The van der Waals surface area contributed by atoms with Gasteiger partial charge in [-0.25, -0.2) is 0 Å². The first-order chi connectivity index (χ1) is 9.74. The van der Waals surface area contributed by atoms with Crippen molar-refractivity contribution in [1.82, 2.24) is 9.80 Å². The highest BCUT2D eigenvalue weighted by Gasteiger charge is 2.45. The van der Waals surface area contributed by atoms with Gasteiger partial charge in [0.1, 0.15) is 0 Å². The maximum Gasteiger partial charge on any atom is 0.0455 e. The monoisotopic (exact) mass is 297 g/mol. The highest BCUT2D eigenvalue weighted by Crippen LogP contribution is 2.41. The SMILES string of the molecule is CC1SCCC1(CN)N1CCC(CN2CCCC2)CC1. The van der Waals surface area contributed by atoms with Crippen LogP contribution in [0, 0.1) is 5.92 Å². The molecule has 2 atom stereocenters. The average molecular weight is 298 g/mol. The van der Waals surface area contributed by atoms with Crippen molar-refractivity contribution >= 4 is 11.8 Å². The molecule has 0 bridgehead atoms. The number of piperidine rings is 1. The van der Waals surface area contributed by atoms with E-state index >= 15 is 0 Å². The van der Waals surface area contributed by atoms with Crippen molar-refractivity contribution in [2.75, 3.05) is 45.0 Å². The molecule has 0 aliphatic carbocycles. The third-order valence-electron chi connectivity index (χ3n) is 5.97. The van der Waals surface area contributed by atoms with E-state index in [2.05, 4.69) is 28.5 Å². The van der Waals surface area contributed by atoms with Crippen LogP contribution in [0.4, 0.5) is 0 Å². The summed E-state index contributed by atoms with van der Waals surface area (Å²) in [5.74, 6) is 2.23. The molecule has 2 unspecified atom stereocenters. The maximum absolute atomic E-state index is 6.19. The van der Waals surface area contributed by atoms with E-state index in [1.807, 2.05) is 0 Å².